The van der Waals surface area contributed by atoms with Gasteiger partial charge in [0.1, 0.15) is 5.56 Å². The number of pyridine rings is 1. The second-order valence-electron chi connectivity index (χ2n) is 6.44. The van der Waals surface area contributed by atoms with Crippen molar-refractivity contribution in [2.45, 2.75) is 13.3 Å². The Balaban J connectivity index is 1.69. The van der Waals surface area contributed by atoms with E-state index in [4.69, 9.17) is 4.74 Å². The predicted molar refractivity (Wildman–Crippen MR) is 113 cm³/mol. The molecule has 0 saturated heterocycles. The van der Waals surface area contributed by atoms with Crippen molar-refractivity contribution in [1.29, 1.82) is 0 Å². The highest BCUT2D eigenvalue weighted by Crippen LogP contribution is 2.21. The van der Waals surface area contributed by atoms with Crippen LogP contribution in [-0.2, 0) is 16.0 Å². The summed E-state index contributed by atoms with van der Waals surface area (Å²) in [5.41, 5.74) is 1.17. The van der Waals surface area contributed by atoms with Crippen molar-refractivity contribution in [1.82, 2.24) is 10.3 Å². The third-order valence-corrected chi connectivity index (χ3v) is 5.30. The number of carbonyl (C=O) groups is 2. The highest BCUT2D eigenvalue weighted by Gasteiger charge is 2.22. The molecular formula is C22H22N2O4S. The van der Waals surface area contributed by atoms with Gasteiger partial charge >= 0.3 is 5.97 Å². The molecule has 3 aromatic rings. The fourth-order valence-electron chi connectivity index (χ4n) is 2.94. The lowest BCUT2D eigenvalue weighted by molar-refractivity contribution is -0.147. The largest absolute Gasteiger partial charge is 0.466 e. The molecule has 0 bridgehead atoms. The minimum Gasteiger partial charge on any atom is -0.466 e. The summed E-state index contributed by atoms with van der Waals surface area (Å²) < 4.78 is 5.14. The summed E-state index contributed by atoms with van der Waals surface area (Å²) in [6.07, 6.45) is 0.438. The third kappa shape index (κ3) is 5.42. The highest BCUT2D eigenvalue weighted by molar-refractivity contribution is 7.13. The molecule has 3 rings (SSSR count). The van der Waals surface area contributed by atoms with E-state index < -0.39 is 17.4 Å². The van der Waals surface area contributed by atoms with Gasteiger partial charge in [-0.3, -0.25) is 14.4 Å². The topological polar surface area (TPSA) is 88.3 Å². The Bertz CT molecular complexity index is 1010. The minimum absolute atomic E-state index is 0.00706. The number of benzene rings is 1. The van der Waals surface area contributed by atoms with E-state index in [-0.39, 0.29) is 24.7 Å². The van der Waals surface area contributed by atoms with Crippen molar-refractivity contribution in [3.05, 3.63) is 81.5 Å². The zero-order chi connectivity index (χ0) is 20.6. The van der Waals surface area contributed by atoms with Crippen LogP contribution in [0.15, 0.2) is 64.8 Å². The standard InChI is InChI=1S/C22H22N2O4S/c1-2-28-22(27)16(13-15-7-4-3-5-8-15)14-23-20(25)17-10-11-18(24-21(17)26)19-9-6-12-29-19/h3-12,16H,2,13-14H2,1H3,(H,23,25)(H,24,26). The predicted octanol–water partition coefficient (Wildman–Crippen LogP) is 3.26. The van der Waals surface area contributed by atoms with Gasteiger partial charge in [-0.25, -0.2) is 0 Å². The van der Waals surface area contributed by atoms with E-state index in [1.165, 1.54) is 17.4 Å². The van der Waals surface area contributed by atoms with Crippen LogP contribution < -0.4 is 10.9 Å². The molecule has 0 aliphatic rings. The monoisotopic (exact) mass is 410 g/mol. The van der Waals surface area contributed by atoms with E-state index in [1.54, 1.807) is 13.0 Å². The number of ether oxygens (including phenoxy) is 1. The second-order valence-corrected chi connectivity index (χ2v) is 7.39. The van der Waals surface area contributed by atoms with Gasteiger partial charge in [0.15, 0.2) is 0 Å². The average molecular weight is 410 g/mol. The Hall–Kier alpha value is -3.19. The average Bonchev–Trinajstić information content (AvgIpc) is 3.26. The molecule has 1 atom stereocenters. The Morgan fingerprint density at radius 3 is 2.55 bits per heavy atom. The summed E-state index contributed by atoms with van der Waals surface area (Å²) >= 11 is 1.50. The minimum atomic E-state index is -0.536. The fourth-order valence-corrected chi connectivity index (χ4v) is 3.64. The summed E-state index contributed by atoms with van der Waals surface area (Å²) in [5, 5.41) is 4.61. The summed E-state index contributed by atoms with van der Waals surface area (Å²) in [6, 6.07) is 16.5. The van der Waals surface area contributed by atoms with Crippen LogP contribution in [0.4, 0.5) is 0 Å². The normalized spacial score (nSPS) is 11.6. The Labute approximate surface area is 172 Å². The van der Waals surface area contributed by atoms with E-state index in [1.807, 2.05) is 47.8 Å². The lowest BCUT2D eigenvalue weighted by Crippen LogP contribution is -2.37. The maximum atomic E-state index is 12.5. The van der Waals surface area contributed by atoms with Crippen LogP contribution in [0.5, 0.6) is 0 Å². The second kappa shape index (κ2) is 9.84. The van der Waals surface area contributed by atoms with Crippen LogP contribution in [0.1, 0.15) is 22.8 Å². The van der Waals surface area contributed by atoms with Gasteiger partial charge < -0.3 is 15.0 Å². The summed E-state index contributed by atoms with van der Waals surface area (Å²) in [7, 11) is 0. The Morgan fingerprint density at radius 1 is 1.10 bits per heavy atom. The molecule has 2 N–H and O–H groups in total. The lowest BCUT2D eigenvalue weighted by atomic mass is 9.99. The van der Waals surface area contributed by atoms with Crippen molar-refractivity contribution in [2.75, 3.05) is 13.2 Å². The van der Waals surface area contributed by atoms with Crippen molar-refractivity contribution in [3.8, 4) is 10.6 Å². The van der Waals surface area contributed by atoms with Crippen molar-refractivity contribution < 1.29 is 14.3 Å². The van der Waals surface area contributed by atoms with Gasteiger partial charge in [-0.2, -0.15) is 0 Å². The van der Waals surface area contributed by atoms with Crippen LogP contribution in [0, 0.1) is 5.92 Å². The number of thiophene rings is 1. The molecule has 1 aromatic carbocycles. The van der Waals surface area contributed by atoms with Crippen molar-refractivity contribution in [2.24, 2.45) is 5.92 Å². The maximum absolute atomic E-state index is 12.5. The van der Waals surface area contributed by atoms with Gasteiger partial charge in [0.2, 0.25) is 0 Å². The molecule has 7 heteroatoms. The molecular weight excluding hydrogens is 388 g/mol. The third-order valence-electron chi connectivity index (χ3n) is 4.39. The molecule has 1 unspecified atom stereocenters. The van der Waals surface area contributed by atoms with Gasteiger partial charge in [0.05, 0.1) is 23.1 Å². The zero-order valence-corrected chi connectivity index (χ0v) is 16.8. The van der Waals surface area contributed by atoms with E-state index >= 15 is 0 Å². The first kappa shape index (κ1) is 20.5. The molecule has 0 aliphatic heterocycles. The molecule has 2 aromatic heterocycles. The maximum Gasteiger partial charge on any atom is 0.311 e. The Morgan fingerprint density at radius 2 is 1.90 bits per heavy atom. The number of aromatic amines is 1. The SMILES string of the molecule is CCOC(=O)C(CNC(=O)c1ccc(-c2cccs2)[nH]c1=O)Cc1ccccc1. The number of aromatic nitrogens is 1. The van der Waals surface area contributed by atoms with Crippen LogP contribution in [0.2, 0.25) is 0 Å². The number of hydrogen-bond acceptors (Lipinski definition) is 5. The van der Waals surface area contributed by atoms with Crippen LogP contribution in [0.3, 0.4) is 0 Å². The number of rotatable bonds is 8. The number of H-pyrrole nitrogens is 1. The van der Waals surface area contributed by atoms with E-state index in [0.717, 1.165) is 10.4 Å². The molecule has 0 spiro atoms. The van der Waals surface area contributed by atoms with Gasteiger partial charge in [0.25, 0.3) is 11.5 Å². The fraction of sp³-hybridized carbons (Fsp3) is 0.227. The van der Waals surface area contributed by atoms with Crippen LogP contribution >= 0.6 is 11.3 Å². The number of nitrogens with one attached hydrogen (secondary N) is 2. The Kier molecular flexibility index (Phi) is 6.97. The lowest BCUT2D eigenvalue weighted by Gasteiger charge is -2.16. The van der Waals surface area contributed by atoms with Gasteiger partial charge in [-0.15, -0.1) is 11.3 Å². The van der Waals surface area contributed by atoms with Crippen LogP contribution in [-0.4, -0.2) is 30.0 Å². The number of carbonyl (C=O) groups excluding carboxylic acids is 2. The number of amides is 1. The highest BCUT2D eigenvalue weighted by atomic mass is 32.1. The summed E-state index contributed by atoms with van der Waals surface area (Å²) in [6.45, 7) is 2.09. The number of hydrogen-bond donors (Lipinski definition) is 2. The van der Waals surface area contributed by atoms with E-state index in [2.05, 4.69) is 10.3 Å². The van der Waals surface area contributed by atoms with Crippen molar-refractivity contribution in [3.63, 3.8) is 0 Å². The van der Waals surface area contributed by atoms with Gasteiger partial charge in [0, 0.05) is 6.54 Å². The quantitative estimate of drug-likeness (QED) is 0.558. The van der Waals surface area contributed by atoms with E-state index in [0.29, 0.717) is 12.1 Å². The van der Waals surface area contributed by atoms with Crippen LogP contribution in [0.25, 0.3) is 10.6 Å². The first-order valence-corrected chi connectivity index (χ1v) is 10.2. The number of esters is 1. The zero-order valence-electron chi connectivity index (χ0n) is 16.0. The first-order chi connectivity index (χ1) is 14.1. The van der Waals surface area contributed by atoms with Crippen molar-refractivity contribution >= 4 is 23.2 Å². The summed E-state index contributed by atoms with van der Waals surface area (Å²) in [5.74, 6) is -1.43. The molecule has 0 fully saturated rings. The molecule has 2 heterocycles. The molecule has 0 saturated carbocycles. The molecule has 6 nitrogen and oxygen atoms in total. The van der Waals surface area contributed by atoms with Gasteiger partial charge in [-0.05, 0) is 42.5 Å². The molecule has 150 valence electrons. The van der Waals surface area contributed by atoms with E-state index in [9.17, 15) is 14.4 Å². The van der Waals surface area contributed by atoms with Gasteiger partial charge in [-0.1, -0.05) is 36.4 Å². The smallest absolute Gasteiger partial charge is 0.311 e. The molecule has 0 aliphatic carbocycles. The summed E-state index contributed by atoms with van der Waals surface area (Å²) in [4.78, 5) is 40.8. The molecule has 29 heavy (non-hydrogen) atoms. The first-order valence-electron chi connectivity index (χ1n) is 9.34. The molecule has 1 amide bonds. The molecule has 0 radical (unpaired) electrons.